The molecule has 0 aromatic rings. The largest absolute Gasteiger partial charge is 0.270 e. The Bertz CT molecular complexity index is 232. The molecule has 0 saturated heterocycles. The zero-order valence-corrected chi connectivity index (χ0v) is 11.0. The van der Waals surface area contributed by atoms with Crippen LogP contribution >= 0.6 is 0 Å². The van der Waals surface area contributed by atoms with Crippen molar-refractivity contribution < 1.29 is 12.6 Å². The predicted molar refractivity (Wildman–Crippen MR) is 63.3 cm³/mol. The van der Waals surface area contributed by atoms with Gasteiger partial charge in [0.1, 0.15) is 0 Å². The Morgan fingerprint density at radius 1 is 1.00 bits per heavy atom. The van der Waals surface area contributed by atoms with E-state index >= 15 is 0 Å². The van der Waals surface area contributed by atoms with Crippen molar-refractivity contribution in [2.24, 2.45) is 5.92 Å². The molecule has 0 fully saturated rings. The average molecular weight is 236 g/mol. The van der Waals surface area contributed by atoms with Gasteiger partial charge in [0, 0.05) is 0 Å². The lowest BCUT2D eigenvalue weighted by Crippen LogP contribution is -2.03. The summed E-state index contributed by atoms with van der Waals surface area (Å²) in [4.78, 5) is 0. The topological polar surface area (TPSA) is 43.4 Å². The first-order chi connectivity index (χ1) is 6.92. The normalized spacial score (nSPS) is 12.3. The molecule has 0 aromatic carbocycles. The van der Waals surface area contributed by atoms with Gasteiger partial charge in [0.15, 0.2) is 0 Å². The summed E-state index contributed by atoms with van der Waals surface area (Å²) < 4.78 is 25.9. The third-order valence-corrected chi connectivity index (χ3v) is 2.82. The van der Waals surface area contributed by atoms with Crippen LogP contribution in [-0.2, 0) is 14.3 Å². The molecular formula is C11H24O3S. The molecule has 0 heterocycles. The highest BCUT2D eigenvalue weighted by atomic mass is 32.2. The van der Waals surface area contributed by atoms with Gasteiger partial charge in [0.2, 0.25) is 0 Å². The van der Waals surface area contributed by atoms with Gasteiger partial charge in [0.05, 0.1) is 12.9 Å². The second-order valence-corrected chi connectivity index (χ2v) is 6.12. The lowest BCUT2D eigenvalue weighted by Gasteiger charge is -2.04. The first-order valence-corrected chi connectivity index (χ1v) is 7.58. The highest BCUT2D eigenvalue weighted by molar-refractivity contribution is 7.85. The molecule has 0 aliphatic heterocycles. The van der Waals surface area contributed by atoms with Crippen molar-refractivity contribution in [2.45, 2.75) is 52.4 Å². The Hall–Kier alpha value is -0.0900. The van der Waals surface area contributed by atoms with Crippen LogP contribution in [0.25, 0.3) is 0 Å². The second kappa shape index (κ2) is 8.11. The van der Waals surface area contributed by atoms with Gasteiger partial charge in [0.25, 0.3) is 10.1 Å². The smallest absolute Gasteiger partial charge is 0.264 e. The van der Waals surface area contributed by atoms with Gasteiger partial charge in [-0.3, -0.25) is 4.18 Å². The summed E-state index contributed by atoms with van der Waals surface area (Å²) in [6.07, 6.45) is 8.00. The van der Waals surface area contributed by atoms with Gasteiger partial charge in [-0.05, 0) is 12.3 Å². The van der Waals surface area contributed by atoms with Gasteiger partial charge in [-0.25, -0.2) is 0 Å². The summed E-state index contributed by atoms with van der Waals surface area (Å²) in [5, 5.41) is 0. The molecule has 0 aliphatic rings. The zero-order valence-electron chi connectivity index (χ0n) is 10.2. The van der Waals surface area contributed by atoms with Crippen LogP contribution in [0.5, 0.6) is 0 Å². The molecule has 0 aromatic heterocycles. The van der Waals surface area contributed by atoms with E-state index in [0.29, 0.717) is 6.61 Å². The lowest BCUT2D eigenvalue weighted by atomic mass is 10.0. The van der Waals surface area contributed by atoms with Crippen LogP contribution in [0, 0.1) is 5.92 Å². The molecule has 0 aliphatic carbocycles. The summed E-state index contributed by atoms with van der Waals surface area (Å²) in [6.45, 7) is 4.81. The van der Waals surface area contributed by atoms with Crippen molar-refractivity contribution in [3.8, 4) is 0 Å². The van der Waals surface area contributed by atoms with E-state index in [1.54, 1.807) is 0 Å². The van der Waals surface area contributed by atoms with Crippen molar-refractivity contribution in [2.75, 3.05) is 12.9 Å². The predicted octanol–water partition coefficient (Wildman–Crippen LogP) is 2.96. The molecule has 3 nitrogen and oxygen atoms in total. The zero-order chi connectivity index (χ0) is 11.7. The lowest BCUT2D eigenvalue weighted by molar-refractivity contribution is 0.309. The first kappa shape index (κ1) is 14.9. The summed E-state index contributed by atoms with van der Waals surface area (Å²) >= 11 is 0. The standard InChI is InChI=1S/C11H24O3S/c1-11(2)9-7-5-4-6-8-10-14-15(3,12)13/h11H,4-10H2,1-3H3. The number of rotatable bonds is 9. The molecular weight excluding hydrogens is 212 g/mol. The second-order valence-electron chi connectivity index (χ2n) is 4.48. The molecule has 0 bridgehead atoms. The van der Waals surface area contributed by atoms with Crippen LogP contribution < -0.4 is 0 Å². The maximum absolute atomic E-state index is 10.6. The Balaban J connectivity index is 3.12. The SMILES string of the molecule is CC(C)CCCCCCCOS(C)(=O)=O. The monoisotopic (exact) mass is 236 g/mol. The van der Waals surface area contributed by atoms with E-state index in [1.165, 1.54) is 25.7 Å². The summed E-state index contributed by atoms with van der Waals surface area (Å²) in [5.41, 5.74) is 0. The van der Waals surface area contributed by atoms with Crippen LogP contribution in [0.2, 0.25) is 0 Å². The highest BCUT2D eigenvalue weighted by Crippen LogP contribution is 2.10. The van der Waals surface area contributed by atoms with E-state index in [9.17, 15) is 8.42 Å². The molecule has 0 rings (SSSR count). The molecule has 0 spiro atoms. The number of unbranched alkanes of at least 4 members (excludes halogenated alkanes) is 4. The van der Waals surface area contributed by atoms with Crippen LogP contribution in [0.3, 0.4) is 0 Å². The quantitative estimate of drug-likeness (QED) is 0.456. The molecule has 0 amide bonds. The fourth-order valence-electron chi connectivity index (χ4n) is 1.40. The summed E-state index contributed by atoms with van der Waals surface area (Å²) in [7, 11) is -3.23. The molecule has 92 valence electrons. The Morgan fingerprint density at radius 2 is 1.53 bits per heavy atom. The molecule has 0 saturated carbocycles. The van der Waals surface area contributed by atoms with E-state index in [2.05, 4.69) is 18.0 Å². The van der Waals surface area contributed by atoms with E-state index in [4.69, 9.17) is 0 Å². The molecule has 0 radical (unpaired) electrons. The Morgan fingerprint density at radius 3 is 2.07 bits per heavy atom. The van der Waals surface area contributed by atoms with Crippen LogP contribution in [0.1, 0.15) is 52.4 Å². The Labute approximate surface area is 94.3 Å². The molecule has 0 N–H and O–H groups in total. The van der Waals surface area contributed by atoms with E-state index < -0.39 is 10.1 Å². The Kier molecular flexibility index (Phi) is 8.06. The fourth-order valence-corrected chi connectivity index (χ4v) is 1.82. The molecule has 0 unspecified atom stereocenters. The van der Waals surface area contributed by atoms with E-state index in [-0.39, 0.29) is 0 Å². The van der Waals surface area contributed by atoms with Crippen molar-refractivity contribution in [3.63, 3.8) is 0 Å². The minimum atomic E-state index is -3.23. The van der Waals surface area contributed by atoms with Gasteiger partial charge < -0.3 is 0 Å². The van der Waals surface area contributed by atoms with Crippen LogP contribution in [0.4, 0.5) is 0 Å². The van der Waals surface area contributed by atoms with Crippen molar-refractivity contribution >= 4 is 10.1 Å². The first-order valence-electron chi connectivity index (χ1n) is 5.76. The van der Waals surface area contributed by atoms with E-state index in [1.807, 2.05) is 0 Å². The van der Waals surface area contributed by atoms with Crippen LogP contribution in [-0.4, -0.2) is 21.3 Å². The minimum absolute atomic E-state index is 0.336. The third kappa shape index (κ3) is 13.9. The average Bonchev–Trinajstić information content (AvgIpc) is 2.07. The summed E-state index contributed by atoms with van der Waals surface area (Å²) in [6, 6.07) is 0. The van der Waals surface area contributed by atoms with Crippen LogP contribution in [0.15, 0.2) is 0 Å². The van der Waals surface area contributed by atoms with Crippen molar-refractivity contribution in [1.29, 1.82) is 0 Å². The number of hydrogen-bond donors (Lipinski definition) is 0. The highest BCUT2D eigenvalue weighted by Gasteiger charge is 2.00. The minimum Gasteiger partial charge on any atom is -0.270 e. The summed E-state index contributed by atoms with van der Waals surface area (Å²) in [5.74, 6) is 0.790. The molecule has 0 atom stereocenters. The molecule has 15 heavy (non-hydrogen) atoms. The van der Waals surface area contributed by atoms with Gasteiger partial charge >= 0.3 is 0 Å². The van der Waals surface area contributed by atoms with E-state index in [0.717, 1.165) is 25.0 Å². The van der Waals surface area contributed by atoms with Gasteiger partial charge in [-0.15, -0.1) is 0 Å². The maximum atomic E-state index is 10.6. The van der Waals surface area contributed by atoms with Gasteiger partial charge in [-0.1, -0.05) is 46.0 Å². The third-order valence-electron chi connectivity index (χ3n) is 2.22. The van der Waals surface area contributed by atoms with Crippen molar-refractivity contribution in [1.82, 2.24) is 0 Å². The maximum Gasteiger partial charge on any atom is 0.264 e. The number of hydrogen-bond acceptors (Lipinski definition) is 3. The fraction of sp³-hybridized carbons (Fsp3) is 1.00. The van der Waals surface area contributed by atoms with Gasteiger partial charge in [-0.2, -0.15) is 8.42 Å². The molecule has 4 heteroatoms. The van der Waals surface area contributed by atoms with Crippen molar-refractivity contribution in [3.05, 3.63) is 0 Å².